The van der Waals surface area contributed by atoms with Crippen molar-refractivity contribution in [3.63, 3.8) is 0 Å². The summed E-state index contributed by atoms with van der Waals surface area (Å²) in [6, 6.07) is -0.0942. The van der Waals surface area contributed by atoms with Crippen LogP contribution in [0.4, 0.5) is 5.82 Å². The van der Waals surface area contributed by atoms with E-state index < -0.39 is 10.0 Å². The smallest absolute Gasteiger partial charge is 0.263 e. The molecule has 2 aromatic heterocycles. The number of anilines is 1. The summed E-state index contributed by atoms with van der Waals surface area (Å²) in [6.45, 7) is 8.78. The van der Waals surface area contributed by atoms with E-state index in [2.05, 4.69) is 10.3 Å². The molecule has 0 saturated heterocycles. The van der Waals surface area contributed by atoms with Gasteiger partial charge in [-0.25, -0.2) is 13.4 Å². The Kier molecular flexibility index (Phi) is 4.90. The van der Waals surface area contributed by atoms with E-state index in [1.807, 2.05) is 33.1 Å². The van der Waals surface area contributed by atoms with Crippen molar-refractivity contribution in [2.75, 3.05) is 18.4 Å². The molecule has 0 bridgehead atoms. The minimum Gasteiger partial charge on any atom is -0.368 e. The van der Waals surface area contributed by atoms with Gasteiger partial charge in [0.05, 0.1) is 0 Å². The topological polar surface area (TPSA) is 66.7 Å². The van der Waals surface area contributed by atoms with E-state index in [-0.39, 0.29) is 11.1 Å². The standard InChI is InChI=1S/C13H22N4O2S2/c1-5-7-14-11-12(16-8-9-20-13(16)15-11)21(18,19)17(6-2)10(3)4/h8-10,14H,5-7H2,1-4H3. The molecule has 1 N–H and O–H groups in total. The molecule has 8 heteroatoms. The van der Waals surface area contributed by atoms with E-state index in [4.69, 9.17) is 0 Å². The lowest BCUT2D eigenvalue weighted by molar-refractivity contribution is 0.367. The largest absolute Gasteiger partial charge is 0.368 e. The van der Waals surface area contributed by atoms with E-state index in [9.17, 15) is 8.42 Å². The average Bonchev–Trinajstić information content (AvgIpc) is 2.95. The first-order valence-corrected chi connectivity index (χ1v) is 9.46. The highest BCUT2D eigenvalue weighted by Crippen LogP contribution is 2.29. The van der Waals surface area contributed by atoms with Crippen molar-refractivity contribution in [1.29, 1.82) is 0 Å². The molecule has 118 valence electrons. The summed E-state index contributed by atoms with van der Waals surface area (Å²) >= 11 is 1.43. The minimum atomic E-state index is -3.59. The van der Waals surface area contributed by atoms with Crippen molar-refractivity contribution >= 4 is 32.1 Å². The molecule has 0 aliphatic carbocycles. The van der Waals surface area contributed by atoms with Gasteiger partial charge in [0.2, 0.25) is 0 Å². The number of sulfonamides is 1. The molecule has 0 aliphatic heterocycles. The molecule has 0 aliphatic rings. The van der Waals surface area contributed by atoms with Crippen LogP contribution in [-0.4, -0.2) is 41.2 Å². The lowest BCUT2D eigenvalue weighted by Gasteiger charge is -2.24. The summed E-state index contributed by atoms with van der Waals surface area (Å²) in [7, 11) is -3.59. The molecular formula is C13H22N4O2S2. The maximum atomic E-state index is 13.0. The zero-order valence-corrected chi connectivity index (χ0v) is 14.5. The molecule has 0 unspecified atom stereocenters. The lowest BCUT2D eigenvalue weighted by Crippen LogP contribution is -2.37. The van der Waals surface area contributed by atoms with Crippen LogP contribution in [0.2, 0.25) is 0 Å². The normalized spacial score (nSPS) is 12.7. The van der Waals surface area contributed by atoms with Crippen LogP contribution < -0.4 is 5.32 Å². The van der Waals surface area contributed by atoms with Crippen molar-refractivity contribution in [3.8, 4) is 0 Å². The zero-order valence-electron chi connectivity index (χ0n) is 12.8. The van der Waals surface area contributed by atoms with E-state index in [0.717, 1.165) is 6.42 Å². The summed E-state index contributed by atoms with van der Waals surface area (Å²) in [5.41, 5.74) is 0. The molecule has 0 saturated carbocycles. The van der Waals surface area contributed by atoms with Gasteiger partial charge in [-0.15, -0.1) is 11.3 Å². The van der Waals surface area contributed by atoms with Gasteiger partial charge < -0.3 is 5.32 Å². The first-order chi connectivity index (χ1) is 9.93. The van der Waals surface area contributed by atoms with Gasteiger partial charge in [0, 0.05) is 30.7 Å². The number of imidazole rings is 1. The Balaban J connectivity index is 2.59. The van der Waals surface area contributed by atoms with Crippen LogP contribution in [0.5, 0.6) is 0 Å². The van der Waals surface area contributed by atoms with Crippen LogP contribution in [0.15, 0.2) is 16.6 Å². The second-order valence-electron chi connectivity index (χ2n) is 5.05. The first-order valence-electron chi connectivity index (χ1n) is 7.14. The van der Waals surface area contributed by atoms with Crippen molar-refractivity contribution in [2.24, 2.45) is 0 Å². The monoisotopic (exact) mass is 330 g/mol. The van der Waals surface area contributed by atoms with E-state index >= 15 is 0 Å². The van der Waals surface area contributed by atoms with Crippen molar-refractivity contribution in [2.45, 2.75) is 45.2 Å². The predicted octanol–water partition coefficient (Wildman–Crippen LogP) is 2.64. The zero-order chi connectivity index (χ0) is 15.6. The molecule has 0 aromatic carbocycles. The molecule has 0 atom stereocenters. The van der Waals surface area contributed by atoms with Gasteiger partial charge in [-0.1, -0.05) is 13.8 Å². The van der Waals surface area contributed by atoms with Gasteiger partial charge in [0.1, 0.15) is 0 Å². The third kappa shape index (κ3) is 2.93. The summed E-state index contributed by atoms with van der Waals surface area (Å²) in [4.78, 5) is 5.10. The maximum Gasteiger partial charge on any atom is 0.263 e. The second kappa shape index (κ2) is 6.33. The number of aromatic nitrogens is 2. The fourth-order valence-corrected chi connectivity index (χ4v) is 4.94. The summed E-state index contributed by atoms with van der Waals surface area (Å²) < 4.78 is 29.1. The Morgan fingerprint density at radius 2 is 2.14 bits per heavy atom. The molecular weight excluding hydrogens is 308 g/mol. The van der Waals surface area contributed by atoms with E-state index in [1.54, 1.807) is 10.6 Å². The Hall–Kier alpha value is -1.12. The predicted molar refractivity (Wildman–Crippen MR) is 86.6 cm³/mol. The third-order valence-electron chi connectivity index (χ3n) is 3.20. The lowest BCUT2D eigenvalue weighted by atomic mass is 10.4. The molecule has 0 fully saturated rings. The Morgan fingerprint density at radius 3 is 2.71 bits per heavy atom. The van der Waals surface area contributed by atoms with Crippen molar-refractivity contribution < 1.29 is 8.42 Å². The number of rotatable bonds is 7. The molecule has 0 spiro atoms. The van der Waals surface area contributed by atoms with Crippen LogP contribution in [0.25, 0.3) is 4.96 Å². The van der Waals surface area contributed by atoms with Crippen LogP contribution in [-0.2, 0) is 10.0 Å². The van der Waals surface area contributed by atoms with Crippen molar-refractivity contribution in [3.05, 3.63) is 11.6 Å². The molecule has 6 nitrogen and oxygen atoms in total. The number of nitrogens with zero attached hydrogens (tertiary/aromatic N) is 3. The highest BCUT2D eigenvalue weighted by Gasteiger charge is 2.32. The van der Waals surface area contributed by atoms with Crippen LogP contribution in [0, 0.1) is 0 Å². The molecule has 21 heavy (non-hydrogen) atoms. The quantitative estimate of drug-likeness (QED) is 0.847. The number of hydrogen-bond acceptors (Lipinski definition) is 5. The van der Waals surface area contributed by atoms with Gasteiger partial charge in [-0.2, -0.15) is 4.31 Å². The van der Waals surface area contributed by atoms with Gasteiger partial charge in [0.25, 0.3) is 10.0 Å². The minimum absolute atomic E-state index is 0.0942. The third-order valence-corrected chi connectivity index (χ3v) is 6.13. The highest BCUT2D eigenvalue weighted by molar-refractivity contribution is 7.89. The number of thiazole rings is 1. The molecule has 0 radical (unpaired) electrons. The maximum absolute atomic E-state index is 13.0. The summed E-state index contributed by atoms with van der Waals surface area (Å²) in [6.07, 6.45) is 2.66. The fourth-order valence-electron chi connectivity index (χ4n) is 2.29. The number of nitrogens with one attached hydrogen (secondary N) is 1. The van der Waals surface area contributed by atoms with Gasteiger partial charge >= 0.3 is 0 Å². The second-order valence-corrected chi connectivity index (χ2v) is 7.73. The van der Waals surface area contributed by atoms with E-state index in [1.165, 1.54) is 15.6 Å². The van der Waals surface area contributed by atoms with E-state index in [0.29, 0.717) is 23.9 Å². The van der Waals surface area contributed by atoms with Crippen LogP contribution >= 0.6 is 11.3 Å². The molecule has 2 aromatic rings. The summed E-state index contributed by atoms with van der Waals surface area (Å²) in [5, 5.41) is 5.21. The van der Waals surface area contributed by atoms with Crippen molar-refractivity contribution in [1.82, 2.24) is 13.7 Å². The molecule has 2 heterocycles. The summed E-state index contributed by atoms with van der Waals surface area (Å²) in [5.74, 6) is 0.447. The Labute approximate surface area is 129 Å². The van der Waals surface area contributed by atoms with Crippen LogP contribution in [0.1, 0.15) is 34.1 Å². The average molecular weight is 330 g/mol. The van der Waals surface area contributed by atoms with Gasteiger partial charge in [-0.3, -0.25) is 4.40 Å². The Morgan fingerprint density at radius 1 is 1.43 bits per heavy atom. The van der Waals surface area contributed by atoms with Gasteiger partial charge in [-0.05, 0) is 20.3 Å². The number of fused-ring (bicyclic) bond motifs is 1. The van der Waals surface area contributed by atoms with Gasteiger partial charge in [0.15, 0.2) is 15.8 Å². The first kappa shape index (κ1) is 16.3. The number of hydrogen-bond donors (Lipinski definition) is 1. The molecule has 2 rings (SSSR count). The Bertz CT molecular complexity index is 703. The SMILES string of the molecule is CCCNc1nc2sccn2c1S(=O)(=O)N(CC)C(C)C. The van der Waals surface area contributed by atoms with Crippen LogP contribution in [0.3, 0.4) is 0 Å². The highest BCUT2D eigenvalue weighted by atomic mass is 32.2. The molecule has 0 amide bonds. The fraction of sp³-hybridized carbons (Fsp3) is 0.615.